The Hall–Kier alpha value is -1.48. The van der Waals surface area contributed by atoms with E-state index in [1.807, 2.05) is 12.1 Å². The van der Waals surface area contributed by atoms with Crippen LogP contribution in [0.5, 0.6) is 5.75 Å². The summed E-state index contributed by atoms with van der Waals surface area (Å²) in [7, 11) is 1.72. The van der Waals surface area contributed by atoms with Crippen molar-refractivity contribution in [1.82, 2.24) is 4.98 Å². The summed E-state index contributed by atoms with van der Waals surface area (Å²) < 4.78 is 6.62. The minimum absolute atomic E-state index is 0.113. The predicted molar refractivity (Wildman–Crippen MR) is 88.8 cm³/mol. The predicted octanol–water partition coefficient (Wildman–Crippen LogP) is 5.39. The third kappa shape index (κ3) is 2.01. The molecule has 0 aliphatic carbocycles. The van der Waals surface area contributed by atoms with Crippen LogP contribution >= 0.6 is 15.9 Å². The first-order chi connectivity index (χ1) is 9.41. The molecule has 3 aromatic rings. The summed E-state index contributed by atoms with van der Waals surface area (Å²) in [6, 6.07) is 10.6. The second kappa shape index (κ2) is 4.52. The van der Waals surface area contributed by atoms with Crippen LogP contribution in [0.25, 0.3) is 21.8 Å². The normalized spacial score (nSPS) is 12.2. The van der Waals surface area contributed by atoms with Crippen LogP contribution in [0.15, 0.2) is 34.8 Å². The Labute approximate surface area is 127 Å². The highest BCUT2D eigenvalue weighted by Crippen LogP contribution is 2.38. The van der Waals surface area contributed by atoms with Gasteiger partial charge in [0.1, 0.15) is 5.75 Å². The Morgan fingerprint density at radius 3 is 2.55 bits per heavy atom. The number of hydrogen-bond donors (Lipinski definition) is 1. The van der Waals surface area contributed by atoms with Crippen molar-refractivity contribution >= 4 is 37.7 Å². The minimum Gasteiger partial charge on any atom is -0.496 e. The number of nitrogens with one attached hydrogen (secondary N) is 1. The lowest BCUT2D eigenvalue weighted by Crippen LogP contribution is -2.10. The molecular weight excluding hydrogens is 314 g/mol. The van der Waals surface area contributed by atoms with Crippen molar-refractivity contribution in [2.24, 2.45) is 0 Å². The molecule has 0 bridgehead atoms. The van der Waals surface area contributed by atoms with Crippen LogP contribution in [0.2, 0.25) is 0 Å². The summed E-state index contributed by atoms with van der Waals surface area (Å²) in [5.74, 6) is 0.909. The van der Waals surface area contributed by atoms with Crippen LogP contribution in [0.1, 0.15) is 26.3 Å². The molecule has 1 N–H and O–H groups in total. The highest BCUT2D eigenvalue weighted by atomic mass is 79.9. The van der Waals surface area contributed by atoms with Crippen molar-refractivity contribution in [2.45, 2.75) is 26.2 Å². The summed E-state index contributed by atoms with van der Waals surface area (Å²) in [5.41, 5.74) is 3.65. The second-order valence-corrected chi connectivity index (χ2v) is 6.99. The number of benzene rings is 2. The Bertz CT molecular complexity index is 796. The molecule has 0 unspecified atom stereocenters. The molecule has 0 saturated carbocycles. The Balaban J connectivity index is 2.47. The number of fused-ring (bicyclic) bond motifs is 3. The van der Waals surface area contributed by atoms with Gasteiger partial charge in [-0.3, -0.25) is 0 Å². The van der Waals surface area contributed by atoms with Gasteiger partial charge in [-0.2, -0.15) is 0 Å². The van der Waals surface area contributed by atoms with Crippen LogP contribution < -0.4 is 4.74 Å². The van der Waals surface area contributed by atoms with Crippen molar-refractivity contribution in [3.8, 4) is 5.75 Å². The third-order valence-electron chi connectivity index (χ3n) is 3.73. The second-order valence-electron chi connectivity index (χ2n) is 6.14. The number of hydrogen-bond acceptors (Lipinski definition) is 1. The smallest absolute Gasteiger partial charge is 0.128 e. The number of methoxy groups -OCH3 is 1. The van der Waals surface area contributed by atoms with E-state index in [0.29, 0.717) is 0 Å². The van der Waals surface area contributed by atoms with Gasteiger partial charge < -0.3 is 9.72 Å². The fourth-order valence-corrected chi connectivity index (χ4v) is 3.14. The topological polar surface area (TPSA) is 25.0 Å². The molecule has 0 saturated heterocycles. The van der Waals surface area contributed by atoms with Gasteiger partial charge in [-0.05, 0) is 51.2 Å². The van der Waals surface area contributed by atoms with Crippen LogP contribution in [0.3, 0.4) is 0 Å². The maximum atomic E-state index is 5.52. The van der Waals surface area contributed by atoms with Gasteiger partial charge in [0.15, 0.2) is 0 Å². The maximum absolute atomic E-state index is 5.52. The minimum atomic E-state index is 0.113. The number of aromatic nitrogens is 1. The first-order valence-electron chi connectivity index (χ1n) is 6.70. The average Bonchev–Trinajstić information content (AvgIpc) is 2.77. The zero-order valence-electron chi connectivity index (χ0n) is 12.2. The highest BCUT2D eigenvalue weighted by molar-refractivity contribution is 9.10. The molecule has 0 fully saturated rings. The quantitative estimate of drug-likeness (QED) is 0.635. The fourth-order valence-electron chi connectivity index (χ4n) is 2.58. The molecule has 0 amide bonds. The van der Waals surface area contributed by atoms with Crippen LogP contribution in [0.4, 0.5) is 0 Å². The summed E-state index contributed by atoms with van der Waals surface area (Å²) in [4.78, 5) is 3.47. The van der Waals surface area contributed by atoms with E-state index in [0.717, 1.165) is 26.6 Å². The van der Waals surface area contributed by atoms with Crippen LogP contribution in [-0.2, 0) is 5.41 Å². The van der Waals surface area contributed by atoms with Gasteiger partial charge in [-0.25, -0.2) is 0 Å². The van der Waals surface area contributed by atoms with Crippen LogP contribution in [0, 0.1) is 0 Å². The van der Waals surface area contributed by atoms with E-state index in [1.54, 1.807) is 7.11 Å². The Morgan fingerprint density at radius 1 is 1.15 bits per heavy atom. The summed E-state index contributed by atoms with van der Waals surface area (Å²) in [6.07, 6.45) is 0. The Kier molecular flexibility index (Phi) is 3.05. The summed E-state index contributed by atoms with van der Waals surface area (Å²) in [5, 5.41) is 2.36. The molecule has 0 aliphatic heterocycles. The first kappa shape index (κ1) is 13.5. The summed E-state index contributed by atoms with van der Waals surface area (Å²) >= 11 is 3.69. The zero-order chi connectivity index (χ0) is 14.5. The largest absolute Gasteiger partial charge is 0.496 e. The zero-order valence-corrected chi connectivity index (χ0v) is 13.8. The van der Waals surface area contributed by atoms with Gasteiger partial charge in [0.25, 0.3) is 0 Å². The molecule has 3 rings (SSSR count). The van der Waals surface area contributed by atoms with Gasteiger partial charge in [0.05, 0.1) is 18.1 Å². The van der Waals surface area contributed by atoms with Gasteiger partial charge >= 0.3 is 0 Å². The van der Waals surface area contributed by atoms with Crippen molar-refractivity contribution in [3.05, 3.63) is 40.4 Å². The molecule has 1 heterocycles. The molecule has 1 aromatic heterocycles. The van der Waals surface area contributed by atoms with Crippen molar-refractivity contribution in [1.29, 1.82) is 0 Å². The van der Waals surface area contributed by atoms with Gasteiger partial charge in [-0.15, -0.1) is 0 Å². The lowest BCUT2D eigenvalue weighted by molar-refractivity contribution is 0.420. The molecule has 2 nitrogen and oxygen atoms in total. The van der Waals surface area contributed by atoms with E-state index in [4.69, 9.17) is 4.74 Å². The van der Waals surface area contributed by atoms with E-state index in [-0.39, 0.29) is 5.41 Å². The number of ether oxygens (including phenoxy) is 1. The van der Waals surface area contributed by atoms with E-state index in [2.05, 4.69) is 59.9 Å². The molecule has 2 aromatic carbocycles. The standard InChI is InChI=1S/C17H18BrNO/c1-17(2,3)10-8-11-15-13(6-5-7-14(15)20-4)19-16(11)12(18)9-10/h5-9,19H,1-4H3. The molecule has 0 radical (unpaired) electrons. The maximum Gasteiger partial charge on any atom is 0.128 e. The van der Waals surface area contributed by atoms with E-state index in [9.17, 15) is 0 Å². The average molecular weight is 332 g/mol. The van der Waals surface area contributed by atoms with Crippen molar-refractivity contribution in [3.63, 3.8) is 0 Å². The fraction of sp³-hybridized carbons (Fsp3) is 0.294. The molecular formula is C17H18BrNO. The Morgan fingerprint density at radius 2 is 1.90 bits per heavy atom. The monoisotopic (exact) mass is 331 g/mol. The van der Waals surface area contributed by atoms with E-state index in [1.165, 1.54) is 10.9 Å². The van der Waals surface area contributed by atoms with Crippen LogP contribution in [-0.4, -0.2) is 12.1 Å². The van der Waals surface area contributed by atoms with Crippen molar-refractivity contribution in [2.75, 3.05) is 7.11 Å². The molecule has 0 atom stereocenters. The molecule has 20 heavy (non-hydrogen) atoms. The van der Waals surface area contributed by atoms with E-state index >= 15 is 0 Å². The van der Waals surface area contributed by atoms with Gasteiger partial charge in [0, 0.05) is 15.2 Å². The van der Waals surface area contributed by atoms with Gasteiger partial charge in [0.2, 0.25) is 0 Å². The highest BCUT2D eigenvalue weighted by Gasteiger charge is 2.18. The van der Waals surface area contributed by atoms with Gasteiger partial charge in [-0.1, -0.05) is 26.8 Å². The SMILES string of the molecule is COc1cccc2[nH]c3c(Br)cc(C(C)(C)C)cc3c12. The summed E-state index contributed by atoms with van der Waals surface area (Å²) in [6.45, 7) is 6.69. The first-order valence-corrected chi connectivity index (χ1v) is 7.49. The number of halogens is 1. The number of aromatic amines is 1. The molecule has 3 heteroatoms. The van der Waals surface area contributed by atoms with E-state index < -0.39 is 0 Å². The lowest BCUT2D eigenvalue weighted by atomic mass is 9.86. The molecule has 0 aliphatic rings. The lowest BCUT2D eigenvalue weighted by Gasteiger charge is -2.19. The van der Waals surface area contributed by atoms with Crippen molar-refractivity contribution < 1.29 is 4.74 Å². The molecule has 0 spiro atoms. The third-order valence-corrected chi connectivity index (χ3v) is 4.36. The molecule has 104 valence electrons. The number of rotatable bonds is 1. The number of H-pyrrole nitrogens is 1.